The van der Waals surface area contributed by atoms with Crippen LogP contribution in [0.5, 0.6) is 11.5 Å². The number of ether oxygens (including phenoxy) is 1. The number of nitrogens with two attached hydrogens (primary N) is 1. The van der Waals surface area contributed by atoms with Gasteiger partial charge in [0.25, 0.3) is 0 Å². The van der Waals surface area contributed by atoms with E-state index in [0.717, 1.165) is 5.56 Å². The maximum Gasteiger partial charge on any atom is 0.172 e. The molecule has 82 valence electrons. The molecular formula is C11H14BrNO2. The number of benzene rings is 1. The van der Waals surface area contributed by atoms with E-state index in [1.54, 1.807) is 6.07 Å². The molecule has 0 saturated carbocycles. The minimum Gasteiger partial charge on any atom is -0.503 e. The standard InChI is InChI=1S/C11H14BrNO2/c1-2-15-10-7-8(4-3-5-13)6-9(12)11(10)14/h3-4,6-7,14H,2,5,13H2,1H3. The third kappa shape index (κ3) is 3.25. The fourth-order valence-corrected chi connectivity index (χ4v) is 1.62. The van der Waals surface area contributed by atoms with E-state index in [2.05, 4.69) is 15.9 Å². The van der Waals surface area contributed by atoms with Crippen LogP contribution in [-0.2, 0) is 0 Å². The fraction of sp³-hybridized carbons (Fsp3) is 0.273. The zero-order valence-corrected chi connectivity index (χ0v) is 10.1. The summed E-state index contributed by atoms with van der Waals surface area (Å²) in [7, 11) is 0. The molecule has 0 fully saturated rings. The molecule has 0 aliphatic heterocycles. The summed E-state index contributed by atoms with van der Waals surface area (Å²) in [5, 5.41) is 9.66. The molecule has 3 N–H and O–H groups in total. The molecule has 0 unspecified atom stereocenters. The zero-order chi connectivity index (χ0) is 11.3. The van der Waals surface area contributed by atoms with Gasteiger partial charge in [0, 0.05) is 6.54 Å². The van der Waals surface area contributed by atoms with E-state index in [4.69, 9.17) is 10.5 Å². The summed E-state index contributed by atoms with van der Waals surface area (Å²) in [6, 6.07) is 3.58. The van der Waals surface area contributed by atoms with E-state index in [1.807, 2.05) is 25.1 Å². The first-order valence-corrected chi connectivity index (χ1v) is 5.50. The summed E-state index contributed by atoms with van der Waals surface area (Å²) < 4.78 is 5.91. The molecule has 0 amide bonds. The molecule has 0 spiro atoms. The molecule has 0 saturated heterocycles. The highest BCUT2D eigenvalue weighted by Gasteiger charge is 2.07. The molecule has 1 rings (SSSR count). The Morgan fingerprint density at radius 3 is 2.87 bits per heavy atom. The monoisotopic (exact) mass is 271 g/mol. The van der Waals surface area contributed by atoms with Gasteiger partial charge in [-0.2, -0.15) is 0 Å². The van der Waals surface area contributed by atoms with Gasteiger partial charge in [-0.25, -0.2) is 0 Å². The average Bonchev–Trinajstić information content (AvgIpc) is 2.22. The van der Waals surface area contributed by atoms with Crippen LogP contribution in [0.1, 0.15) is 12.5 Å². The van der Waals surface area contributed by atoms with Crippen molar-refractivity contribution in [2.45, 2.75) is 6.92 Å². The molecule has 0 aliphatic rings. The maximum absolute atomic E-state index is 9.66. The third-order valence-electron chi connectivity index (χ3n) is 1.80. The van der Waals surface area contributed by atoms with Gasteiger partial charge in [-0.1, -0.05) is 12.2 Å². The summed E-state index contributed by atoms with van der Waals surface area (Å²) >= 11 is 3.26. The fourth-order valence-electron chi connectivity index (χ4n) is 1.16. The number of hydrogen-bond donors (Lipinski definition) is 2. The summed E-state index contributed by atoms with van der Waals surface area (Å²) in [6.45, 7) is 2.88. The summed E-state index contributed by atoms with van der Waals surface area (Å²) in [5.41, 5.74) is 6.30. The Balaban J connectivity index is 3.05. The van der Waals surface area contributed by atoms with Gasteiger partial charge < -0.3 is 15.6 Å². The van der Waals surface area contributed by atoms with Crippen molar-refractivity contribution in [3.8, 4) is 11.5 Å². The minimum absolute atomic E-state index is 0.127. The predicted octanol–water partition coefficient (Wildman–Crippen LogP) is 2.53. The lowest BCUT2D eigenvalue weighted by Gasteiger charge is -2.08. The number of hydrogen-bond acceptors (Lipinski definition) is 3. The van der Waals surface area contributed by atoms with Crippen molar-refractivity contribution in [1.29, 1.82) is 0 Å². The quantitative estimate of drug-likeness (QED) is 0.885. The number of rotatable bonds is 4. The van der Waals surface area contributed by atoms with E-state index in [0.29, 0.717) is 23.4 Å². The van der Waals surface area contributed by atoms with E-state index < -0.39 is 0 Å². The van der Waals surface area contributed by atoms with Gasteiger partial charge >= 0.3 is 0 Å². The van der Waals surface area contributed by atoms with Gasteiger partial charge in [0.15, 0.2) is 11.5 Å². The highest BCUT2D eigenvalue weighted by atomic mass is 79.9. The highest BCUT2D eigenvalue weighted by molar-refractivity contribution is 9.10. The lowest BCUT2D eigenvalue weighted by atomic mass is 10.2. The van der Waals surface area contributed by atoms with Gasteiger partial charge in [-0.15, -0.1) is 0 Å². The van der Waals surface area contributed by atoms with E-state index in [9.17, 15) is 5.11 Å². The lowest BCUT2D eigenvalue weighted by Crippen LogP contribution is -1.94. The van der Waals surface area contributed by atoms with Crippen LogP contribution in [0, 0.1) is 0 Å². The topological polar surface area (TPSA) is 55.5 Å². The van der Waals surface area contributed by atoms with Gasteiger partial charge in [0.2, 0.25) is 0 Å². The Kier molecular flexibility index (Phi) is 4.65. The van der Waals surface area contributed by atoms with Crippen LogP contribution >= 0.6 is 15.9 Å². The maximum atomic E-state index is 9.66. The lowest BCUT2D eigenvalue weighted by molar-refractivity contribution is 0.317. The summed E-state index contributed by atoms with van der Waals surface area (Å²) in [5.74, 6) is 0.602. The normalized spacial score (nSPS) is 10.9. The first-order chi connectivity index (χ1) is 7.19. The van der Waals surface area contributed by atoms with Crippen molar-refractivity contribution in [1.82, 2.24) is 0 Å². The molecule has 15 heavy (non-hydrogen) atoms. The van der Waals surface area contributed by atoms with E-state index >= 15 is 0 Å². The molecular weight excluding hydrogens is 258 g/mol. The second-order valence-corrected chi connectivity index (χ2v) is 3.77. The van der Waals surface area contributed by atoms with Gasteiger partial charge in [-0.05, 0) is 40.5 Å². The van der Waals surface area contributed by atoms with Crippen molar-refractivity contribution >= 4 is 22.0 Å². The Hall–Kier alpha value is -1.00. The summed E-state index contributed by atoms with van der Waals surface area (Å²) in [6.07, 6.45) is 3.72. The van der Waals surface area contributed by atoms with Crippen LogP contribution in [0.25, 0.3) is 6.08 Å². The third-order valence-corrected chi connectivity index (χ3v) is 2.40. The van der Waals surface area contributed by atoms with Crippen LogP contribution in [0.15, 0.2) is 22.7 Å². The van der Waals surface area contributed by atoms with E-state index in [-0.39, 0.29) is 5.75 Å². The molecule has 0 aliphatic carbocycles. The predicted molar refractivity (Wildman–Crippen MR) is 65.1 cm³/mol. The highest BCUT2D eigenvalue weighted by Crippen LogP contribution is 2.35. The molecule has 4 heteroatoms. The second-order valence-electron chi connectivity index (χ2n) is 2.92. The largest absolute Gasteiger partial charge is 0.503 e. The van der Waals surface area contributed by atoms with Gasteiger partial charge in [-0.3, -0.25) is 0 Å². The second kappa shape index (κ2) is 5.78. The Bertz CT molecular complexity index is 364. The number of halogens is 1. The van der Waals surface area contributed by atoms with Crippen LogP contribution < -0.4 is 10.5 Å². The van der Waals surface area contributed by atoms with Gasteiger partial charge in [0.1, 0.15) is 0 Å². The molecule has 0 bridgehead atoms. The van der Waals surface area contributed by atoms with Crippen molar-refractivity contribution in [3.05, 3.63) is 28.2 Å². The summed E-state index contributed by atoms with van der Waals surface area (Å²) in [4.78, 5) is 0. The molecule has 0 radical (unpaired) electrons. The smallest absolute Gasteiger partial charge is 0.172 e. The van der Waals surface area contributed by atoms with Crippen molar-refractivity contribution in [3.63, 3.8) is 0 Å². The molecule has 1 aromatic rings. The Labute approximate surface area is 97.7 Å². The SMILES string of the molecule is CCOc1cc(C=CCN)cc(Br)c1O. The Morgan fingerprint density at radius 1 is 1.53 bits per heavy atom. The van der Waals surface area contributed by atoms with Crippen LogP contribution in [0.3, 0.4) is 0 Å². The molecule has 0 aromatic heterocycles. The van der Waals surface area contributed by atoms with E-state index in [1.165, 1.54) is 0 Å². The number of aromatic hydroxyl groups is 1. The molecule has 1 aromatic carbocycles. The van der Waals surface area contributed by atoms with Crippen molar-refractivity contribution in [2.24, 2.45) is 5.73 Å². The average molecular weight is 272 g/mol. The van der Waals surface area contributed by atoms with Crippen LogP contribution in [-0.4, -0.2) is 18.3 Å². The zero-order valence-electron chi connectivity index (χ0n) is 8.53. The van der Waals surface area contributed by atoms with Crippen molar-refractivity contribution < 1.29 is 9.84 Å². The number of phenols is 1. The van der Waals surface area contributed by atoms with Gasteiger partial charge in [0.05, 0.1) is 11.1 Å². The first-order valence-electron chi connectivity index (χ1n) is 4.71. The van der Waals surface area contributed by atoms with Crippen LogP contribution in [0.4, 0.5) is 0 Å². The molecule has 3 nitrogen and oxygen atoms in total. The molecule has 0 heterocycles. The van der Waals surface area contributed by atoms with Crippen LogP contribution in [0.2, 0.25) is 0 Å². The first kappa shape index (κ1) is 12.1. The number of phenolic OH excluding ortho intramolecular Hbond substituents is 1. The minimum atomic E-state index is 0.127. The molecule has 0 atom stereocenters. The Morgan fingerprint density at radius 2 is 2.27 bits per heavy atom. The van der Waals surface area contributed by atoms with Crippen molar-refractivity contribution in [2.75, 3.05) is 13.2 Å².